The first-order valence-electron chi connectivity index (χ1n) is 6.56. The highest BCUT2D eigenvalue weighted by molar-refractivity contribution is 5.75. The molecule has 0 aromatic carbocycles. The van der Waals surface area contributed by atoms with Crippen LogP contribution in [0.1, 0.15) is 31.5 Å². The number of amides is 1. The van der Waals surface area contributed by atoms with Crippen molar-refractivity contribution in [3.8, 4) is 0 Å². The first kappa shape index (κ1) is 13.0. The van der Waals surface area contributed by atoms with Crippen molar-refractivity contribution in [2.75, 3.05) is 13.1 Å². The number of hydrogen-bond acceptors (Lipinski definition) is 4. The molecule has 1 aliphatic rings. The highest BCUT2D eigenvalue weighted by Crippen LogP contribution is 2.17. The van der Waals surface area contributed by atoms with Gasteiger partial charge in [0.1, 0.15) is 6.33 Å². The zero-order valence-electron chi connectivity index (χ0n) is 10.9. The van der Waals surface area contributed by atoms with Crippen LogP contribution in [0.15, 0.2) is 6.33 Å². The van der Waals surface area contributed by atoms with Crippen LogP contribution in [0.25, 0.3) is 0 Å². The zero-order valence-corrected chi connectivity index (χ0v) is 10.9. The van der Waals surface area contributed by atoms with E-state index in [1.54, 1.807) is 6.33 Å². The molecule has 2 heterocycles. The average Bonchev–Trinajstić information content (AvgIpc) is 2.81. The van der Waals surface area contributed by atoms with E-state index in [0.717, 1.165) is 25.3 Å². The van der Waals surface area contributed by atoms with Crippen LogP contribution in [-0.2, 0) is 18.4 Å². The molecule has 18 heavy (non-hydrogen) atoms. The van der Waals surface area contributed by atoms with E-state index in [-0.39, 0.29) is 5.91 Å². The molecular weight excluding hydrogens is 230 g/mol. The molecule has 1 aromatic heterocycles. The van der Waals surface area contributed by atoms with Gasteiger partial charge in [-0.15, -0.1) is 10.2 Å². The summed E-state index contributed by atoms with van der Waals surface area (Å²) in [7, 11) is 1.87. The fourth-order valence-electron chi connectivity index (χ4n) is 2.24. The summed E-state index contributed by atoms with van der Waals surface area (Å²) >= 11 is 0. The maximum Gasteiger partial charge on any atom is 0.220 e. The van der Waals surface area contributed by atoms with Crippen molar-refractivity contribution >= 4 is 5.91 Å². The molecule has 100 valence electrons. The third-order valence-corrected chi connectivity index (χ3v) is 3.49. The third-order valence-electron chi connectivity index (χ3n) is 3.49. The highest BCUT2D eigenvalue weighted by atomic mass is 16.1. The van der Waals surface area contributed by atoms with Gasteiger partial charge < -0.3 is 15.2 Å². The van der Waals surface area contributed by atoms with E-state index in [2.05, 4.69) is 20.8 Å². The summed E-state index contributed by atoms with van der Waals surface area (Å²) in [6.07, 6.45) is 5.62. The van der Waals surface area contributed by atoms with Crippen molar-refractivity contribution in [3.63, 3.8) is 0 Å². The van der Waals surface area contributed by atoms with E-state index in [4.69, 9.17) is 0 Å². The minimum absolute atomic E-state index is 0.108. The molecule has 1 aromatic rings. The summed E-state index contributed by atoms with van der Waals surface area (Å²) in [6, 6.07) is 0. The van der Waals surface area contributed by atoms with Crippen molar-refractivity contribution in [2.24, 2.45) is 13.0 Å². The maximum absolute atomic E-state index is 11.7. The van der Waals surface area contributed by atoms with Crippen LogP contribution in [0.4, 0.5) is 0 Å². The van der Waals surface area contributed by atoms with Gasteiger partial charge in [0.15, 0.2) is 5.82 Å². The van der Waals surface area contributed by atoms with Crippen molar-refractivity contribution in [1.82, 2.24) is 25.4 Å². The molecule has 1 saturated heterocycles. The first-order valence-corrected chi connectivity index (χ1v) is 6.56. The predicted octanol–water partition coefficient (Wildman–Crippen LogP) is 0.211. The lowest BCUT2D eigenvalue weighted by Crippen LogP contribution is -2.29. The molecule has 0 aliphatic carbocycles. The Labute approximate surface area is 107 Å². The van der Waals surface area contributed by atoms with Crippen LogP contribution >= 0.6 is 0 Å². The Morgan fingerprint density at radius 2 is 2.33 bits per heavy atom. The minimum Gasteiger partial charge on any atom is -0.349 e. The van der Waals surface area contributed by atoms with Gasteiger partial charge in [-0.05, 0) is 38.3 Å². The number of carbonyl (C=O) groups is 1. The second-order valence-electron chi connectivity index (χ2n) is 4.87. The molecule has 2 rings (SSSR count). The average molecular weight is 251 g/mol. The van der Waals surface area contributed by atoms with Gasteiger partial charge in [0.05, 0.1) is 6.54 Å². The summed E-state index contributed by atoms with van der Waals surface area (Å²) in [5.41, 5.74) is 0. The summed E-state index contributed by atoms with van der Waals surface area (Å²) in [5, 5.41) is 13.9. The molecular formula is C12H21N5O. The summed E-state index contributed by atoms with van der Waals surface area (Å²) in [4.78, 5) is 11.7. The summed E-state index contributed by atoms with van der Waals surface area (Å²) in [5.74, 6) is 1.59. The SMILES string of the molecule is Cn1cnnc1CNC(=O)CCC1CCNCC1. The van der Waals surface area contributed by atoms with Gasteiger partial charge in [0, 0.05) is 13.5 Å². The molecule has 0 spiro atoms. The molecule has 1 amide bonds. The van der Waals surface area contributed by atoms with Gasteiger partial charge in [-0.2, -0.15) is 0 Å². The number of rotatable bonds is 5. The molecule has 1 fully saturated rings. The van der Waals surface area contributed by atoms with E-state index < -0.39 is 0 Å². The number of nitrogens with zero attached hydrogens (tertiary/aromatic N) is 3. The third kappa shape index (κ3) is 3.80. The van der Waals surface area contributed by atoms with Gasteiger partial charge in [0.25, 0.3) is 0 Å². The second kappa shape index (κ2) is 6.49. The monoisotopic (exact) mass is 251 g/mol. The van der Waals surface area contributed by atoms with Gasteiger partial charge >= 0.3 is 0 Å². The van der Waals surface area contributed by atoms with Gasteiger partial charge in [-0.25, -0.2) is 0 Å². The minimum atomic E-state index is 0.108. The number of aromatic nitrogens is 3. The summed E-state index contributed by atoms with van der Waals surface area (Å²) < 4.78 is 1.81. The number of nitrogens with one attached hydrogen (secondary N) is 2. The first-order chi connectivity index (χ1) is 8.75. The fraction of sp³-hybridized carbons (Fsp3) is 0.750. The van der Waals surface area contributed by atoms with Crippen molar-refractivity contribution in [3.05, 3.63) is 12.2 Å². The maximum atomic E-state index is 11.7. The Balaban J connectivity index is 1.64. The number of aryl methyl sites for hydroxylation is 1. The van der Waals surface area contributed by atoms with Gasteiger partial charge in [-0.3, -0.25) is 4.79 Å². The van der Waals surface area contributed by atoms with Crippen LogP contribution in [0.2, 0.25) is 0 Å². The molecule has 6 heteroatoms. The van der Waals surface area contributed by atoms with Crippen LogP contribution in [-0.4, -0.2) is 33.8 Å². The van der Waals surface area contributed by atoms with E-state index in [1.807, 2.05) is 11.6 Å². The van der Waals surface area contributed by atoms with Crippen LogP contribution in [0.3, 0.4) is 0 Å². The number of carbonyl (C=O) groups excluding carboxylic acids is 1. The topological polar surface area (TPSA) is 71.8 Å². The Morgan fingerprint density at radius 1 is 1.56 bits per heavy atom. The Morgan fingerprint density at radius 3 is 3.00 bits per heavy atom. The zero-order chi connectivity index (χ0) is 12.8. The van der Waals surface area contributed by atoms with Crippen molar-refractivity contribution < 1.29 is 4.79 Å². The lowest BCUT2D eigenvalue weighted by atomic mass is 9.93. The van der Waals surface area contributed by atoms with Gasteiger partial charge in [0.2, 0.25) is 5.91 Å². The molecule has 1 aliphatic heterocycles. The van der Waals surface area contributed by atoms with E-state index in [1.165, 1.54) is 12.8 Å². The molecule has 0 bridgehead atoms. The Bertz CT molecular complexity index is 384. The van der Waals surface area contributed by atoms with Crippen molar-refractivity contribution in [2.45, 2.75) is 32.2 Å². The lowest BCUT2D eigenvalue weighted by molar-refractivity contribution is -0.121. The second-order valence-corrected chi connectivity index (χ2v) is 4.87. The fourth-order valence-corrected chi connectivity index (χ4v) is 2.24. The van der Waals surface area contributed by atoms with E-state index in [9.17, 15) is 4.79 Å². The van der Waals surface area contributed by atoms with Crippen molar-refractivity contribution in [1.29, 1.82) is 0 Å². The molecule has 6 nitrogen and oxygen atoms in total. The van der Waals surface area contributed by atoms with Crippen LogP contribution in [0.5, 0.6) is 0 Å². The molecule has 0 unspecified atom stereocenters. The van der Waals surface area contributed by atoms with Crippen LogP contribution < -0.4 is 10.6 Å². The normalized spacial score (nSPS) is 16.7. The predicted molar refractivity (Wildman–Crippen MR) is 67.7 cm³/mol. The molecule has 0 radical (unpaired) electrons. The quantitative estimate of drug-likeness (QED) is 0.785. The largest absolute Gasteiger partial charge is 0.349 e. The molecule has 0 saturated carbocycles. The summed E-state index contributed by atoms with van der Waals surface area (Å²) in [6.45, 7) is 2.64. The highest BCUT2D eigenvalue weighted by Gasteiger charge is 2.14. The molecule has 2 N–H and O–H groups in total. The van der Waals surface area contributed by atoms with E-state index in [0.29, 0.717) is 18.9 Å². The standard InChI is InChI=1S/C12H21N5O/c1-17-9-15-16-11(17)8-14-12(18)3-2-10-4-6-13-7-5-10/h9-10,13H,2-8H2,1H3,(H,14,18). The van der Waals surface area contributed by atoms with E-state index >= 15 is 0 Å². The number of piperidine rings is 1. The van der Waals surface area contributed by atoms with Gasteiger partial charge in [-0.1, -0.05) is 0 Å². The van der Waals surface area contributed by atoms with Crippen LogP contribution in [0, 0.1) is 5.92 Å². The molecule has 0 atom stereocenters. The smallest absolute Gasteiger partial charge is 0.220 e. The Kier molecular flexibility index (Phi) is 4.69. The number of hydrogen-bond donors (Lipinski definition) is 2. The Hall–Kier alpha value is -1.43. The lowest BCUT2D eigenvalue weighted by Gasteiger charge is -2.22.